The molecule has 0 amide bonds. The highest BCUT2D eigenvalue weighted by atomic mass is 35.5. The van der Waals surface area contributed by atoms with Gasteiger partial charge in [-0.05, 0) is 48.2 Å². The third kappa shape index (κ3) is 4.63. The van der Waals surface area contributed by atoms with Crippen molar-refractivity contribution < 1.29 is 13.2 Å². The van der Waals surface area contributed by atoms with Crippen molar-refractivity contribution in [3.8, 4) is 0 Å². The number of aryl methyl sites for hydroxylation is 1. The molecule has 0 aliphatic heterocycles. The molecule has 2 aromatic rings. The first-order chi connectivity index (χ1) is 9.47. The quantitative estimate of drug-likeness (QED) is 0.852. The van der Waals surface area contributed by atoms with E-state index in [1.807, 2.05) is 0 Å². The lowest BCUT2D eigenvalue weighted by Crippen LogP contribution is -2.12. The Kier molecular flexibility index (Phi) is 6.52. The zero-order chi connectivity index (χ0) is 14.7. The van der Waals surface area contributed by atoms with E-state index in [1.54, 1.807) is 6.07 Å². The molecule has 0 saturated heterocycles. The molecular weight excluding hydrogens is 322 g/mol. The second kappa shape index (κ2) is 7.69. The number of hydrogen-bond donors (Lipinski definition) is 1. The smallest absolute Gasteiger partial charge is 0.159 e. The molecule has 0 radical (unpaired) electrons. The second-order valence-electron chi connectivity index (χ2n) is 4.57. The third-order valence-electron chi connectivity index (χ3n) is 3.10. The minimum Gasteiger partial charge on any atom is -0.324 e. The van der Waals surface area contributed by atoms with E-state index in [9.17, 15) is 13.2 Å². The fourth-order valence-electron chi connectivity index (χ4n) is 1.93. The van der Waals surface area contributed by atoms with Gasteiger partial charge in [-0.3, -0.25) is 0 Å². The Morgan fingerprint density at radius 1 is 0.952 bits per heavy atom. The molecule has 2 rings (SSSR count). The van der Waals surface area contributed by atoms with Crippen LogP contribution in [-0.4, -0.2) is 0 Å². The number of nitrogens with two attached hydrogens (primary N) is 1. The summed E-state index contributed by atoms with van der Waals surface area (Å²) in [5, 5.41) is 0.0592. The van der Waals surface area contributed by atoms with Crippen molar-refractivity contribution in [2.45, 2.75) is 18.9 Å². The predicted octanol–water partition coefficient (Wildman–Crippen LogP) is 4.81. The summed E-state index contributed by atoms with van der Waals surface area (Å²) in [6.07, 6.45) is 1.09. The minimum absolute atomic E-state index is 0. The standard InChI is InChI=1S/C15H13ClF3N.ClH/c16-11-7-9(1-4-12(11)17)2-6-15(20)10-3-5-13(18)14(19)8-10;/h1,3-5,7-8,15H,2,6,20H2;1H. The molecule has 0 fully saturated rings. The summed E-state index contributed by atoms with van der Waals surface area (Å²) in [5.74, 6) is -2.28. The van der Waals surface area contributed by atoms with Crippen LogP contribution in [0.25, 0.3) is 0 Å². The monoisotopic (exact) mass is 335 g/mol. The average molecular weight is 336 g/mol. The van der Waals surface area contributed by atoms with Gasteiger partial charge in [0.2, 0.25) is 0 Å². The third-order valence-corrected chi connectivity index (χ3v) is 3.39. The lowest BCUT2D eigenvalue weighted by atomic mass is 9.99. The van der Waals surface area contributed by atoms with Crippen LogP contribution in [-0.2, 0) is 6.42 Å². The van der Waals surface area contributed by atoms with E-state index >= 15 is 0 Å². The molecule has 0 spiro atoms. The van der Waals surface area contributed by atoms with Gasteiger partial charge >= 0.3 is 0 Å². The molecule has 0 aliphatic carbocycles. The molecule has 0 heterocycles. The largest absolute Gasteiger partial charge is 0.324 e. The Balaban J connectivity index is 0.00000220. The fourth-order valence-corrected chi connectivity index (χ4v) is 2.13. The summed E-state index contributed by atoms with van der Waals surface area (Å²) in [6.45, 7) is 0. The average Bonchev–Trinajstić information content (AvgIpc) is 2.43. The maximum Gasteiger partial charge on any atom is 0.159 e. The molecule has 21 heavy (non-hydrogen) atoms. The molecule has 0 bridgehead atoms. The molecule has 2 N–H and O–H groups in total. The van der Waals surface area contributed by atoms with Crippen LogP contribution in [0.5, 0.6) is 0 Å². The van der Waals surface area contributed by atoms with Crippen LogP contribution in [0.2, 0.25) is 5.02 Å². The van der Waals surface area contributed by atoms with Crippen LogP contribution < -0.4 is 5.73 Å². The molecule has 114 valence electrons. The van der Waals surface area contributed by atoms with Crippen LogP contribution in [0.4, 0.5) is 13.2 Å². The van der Waals surface area contributed by atoms with Gasteiger partial charge in [0.1, 0.15) is 5.82 Å². The van der Waals surface area contributed by atoms with Crippen molar-refractivity contribution in [1.29, 1.82) is 0 Å². The van der Waals surface area contributed by atoms with Gasteiger partial charge in [0, 0.05) is 6.04 Å². The molecule has 6 heteroatoms. The van der Waals surface area contributed by atoms with E-state index in [2.05, 4.69) is 0 Å². The number of benzene rings is 2. The Morgan fingerprint density at radius 2 is 1.62 bits per heavy atom. The molecule has 1 nitrogen and oxygen atoms in total. The van der Waals surface area contributed by atoms with Gasteiger partial charge in [0.25, 0.3) is 0 Å². The van der Waals surface area contributed by atoms with Crippen molar-refractivity contribution in [1.82, 2.24) is 0 Å². The summed E-state index contributed by atoms with van der Waals surface area (Å²) in [4.78, 5) is 0. The Labute approximate surface area is 132 Å². The zero-order valence-corrected chi connectivity index (χ0v) is 12.5. The van der Waals surface area contributed by atoms with Gasteiger partial charge in [0.05, 0.1) is 5.02 Å². The summed E-state index contributed by atoms with van der Waals surface area (Å²) in [7, 11) is 0. The van der Waals surface area contributed by atoms with Crippen LogP contribution in [0, 0.1) is 17.5 Å². The molecule has 1 atom stereocenters. The summed E-state index contributed by atoms with van der Waals surface area (Å²) >= 11 is 5.69. The molecule has 0 aliphatic rings. The van der Waals surface area contributed by atoms with Crippen LogP contribution >= 0.6 is 24.0 Å². The fraction of sp³-hybridized carbons (Fsp3) is 0.200. The predicted molar refractivity (Wildman–Crippen MR) is 80.3 cm³/mol. The van der Waals surface area contributed by atoms with E-state index in [-0.39, 0.29) is 17.4 Å². The van der Waals surface area contributed by atoms with Crippen molar-refractivity contribution in [3.05, 3.63) is 70.0 Å². The highest BCUT2D eigenvalue weighted by Crippen LogP contribution is 2.21. The van der Waals surface area contributed by atoms with Gasteiger partial charge < -0.3 is 5.73 Å². The SMILES string of the molecule is Cl.NC(CCc1ccc(F)c(Cl)c1)c1ccc(F)c(F)c1. The molecule has 0 aromatic heterocycles. The minimum atomic E-state index is -0.914. The topological polar surface area (TPSA) is 26.0 Å². The van der Waals surface area contributed by atoms with E-state index in [0.29, 0.717) is 18.4 Å². The highest BCUT2D eigenvalue weighted by molar-refractivity contribution is 6.30. The van der Waals surface area contributed by atoms with E-state index in [0.717, 1.165) is 17.7 Å². The van der Waals surface area contributed by atoms with Crippen molar-refractivity contribution >= 4 is 24.0 Å². The Hall–Kier alpha value is -1.23. The van der Waals surface area contributed by atoms with Crippen molar-refractivity contribution in [2.24, 2.45) is 5.73 Å². The van der Waals surface area contributed by atoms with Gasteiger partial charge in [-0.1, -0.05) is 23.7 Å². The second-order valence-corrected chi connectivity index (χ2v) is 4.97. The Bertz CT molecular complexity index is 620. The first kappa shape index (κ1) is 17.8. The van der Waals surface area contributed by atoms with Crippen LogP contribution in [0.1, 0.15) is 23.6 Å². The first-order valence-corrected chi connectivity index (χ1v) is 6.49. The van der Waals surface area contributed by atoms with E-state index < -0.39 is 23.5 Å². The first-order valence-electron chi connectivity index (χ1n) is 6.12. The summed E-state index contributed by atoms with van der Waals surface area (Å²) in [5.41, 5.74) is 7.30. The van der Waals surface area contributed by atoms with Gasteiger partial charge in [-0.15, -0.1) is 12.4 Å². The number of halogens is 5. The van der Waals surface area contributed by atoms with Gasteiger partial charge in [-0.25, -0.2) is 13.2 Å². The molecule has 0 saturated carbocycles. The molecule has 2 aromatic carbocycles. The van der Waals surface area contributed by atoms with Gasteiger partial charge in [-0.2, -0.15) is 0 Å². The molecular formula is C15H14Cl2F3N. The Morgan fingerprint density at radius 3 is 2.24 bits per heavy atom. The van der Waals surface area contributed by atoms with Crippen LogP contribution in [0.15, 0.2) is 36.4 Å². The molecule has 1 unspecified atom stereocenters. The number of rotatable bonds is 4. The normalized spacial score (nSPS) is 11.9. The maximum atomic E-state index is 13.1. The van der Waals surface area contributed by atoms with E-state index in [4.69, 9.17) is 17.3 Å². The van der Waals surface area contributed by atoms with Crippen LogP contribution in [0.3, 0.4) is 0 Å². The number of hydrogen-bond acceptors (Lipinski definition) is 1. The lowest BCUT2D eigenvalue weighted by molar-refractivity contribution is 0.504. The van der Waals surface area contributed by atoms with E-state index in [1.165, 1.54) is 18.2 Å². The lowest BCUT2D eigenvalue weighted by Gasteiger charge is -2.12. The maximum absolute atomic E-state index is 13.1. The van der Waals surface area contributed by atoms with Crippen molar-refractivity contribution in [3.63, 3.8) is 0 Å². The summed E-state index contributed by atoms with van der Waals surface area (Å²) < 4.78 is 39.0. The summed E-state index contributed by atoms with van der Waals surface area (Å²) in [6, 6.07) is 7.64. The van der Waals surface area contributed by atoms with Gasteiger partial charge in [0.15, 0.2) is 11.6 Å². The van der Waals surface area contributed by atoms with Crippen molar-refractivity contribution in [2.75, 3.05) is 0 Å². The highest BCUT2D eigenvalue weighted by Gasteiger charge is 2.10. The zero-order valence-electron chi connectivity index (χ0n) is 11.0.